The maximum Gasteiger partial charge on any atom is 0.421 e. The summed E-state index contributed by atoms with van der Waals surface area (Å²) in [4.78, 5) is 36.6. The maximum absolute atomic E-state index is 13.8. The molecule has 9 nitrogen and oxygen atoms in total. The van der Waals surface area contributed by atoms with Gasteiger partial charge in [0.05, 0.1) is 11.3 Å². The van der Waals surface area contributed by atoms with Crippen LogP contribution in [0.2, 0.25) is 25.7 Å². The predicted octanol–water partition coefficient (Wildman–Crippen LogP) is 5.72. The van der Waals surface area contributed by atoms with Gasteiger partial charge in [-0.05, 0) is 30.5 Å². The van der Waals surface area contributed by atoms with E-state index in [9.17, 15) is 35.9 Å². The summed E-state index contributed by atoms with van der Waals surface area (Å²) in [7, 11) is -1.46. The number of aromatic nitrogens is 4. The highest BCUT2D eigenvalue weighted by Gasteiger charge is 2.36. The molecule has 1 amide bonds. The summed E-state index contributed by atoms with van der Waals surface area (Å²) in [6, 6.07) is 8.31. The number of ether oxygens (including phenoxy) is 1. The fourth-order valence-corrected chi connectivity index (χ4v) is 5.61. The molecule has 250 valence electrons. The topological polar surface area (TPSA) is 93.5 Å². The van der Waals surface area contributed by atoms with E-state index in [0.29, 0.717) is 61.4 Å². The van der Waals surface area contributed by atoms with Crippen molar-refractivity contribution in [2.24, 2.45) is 0 Å². The Morgan fingerprint density at radius 3 is 2.22 bits per heavy atom. The van der Waals surface area contributed by atoms with Gasteiger partial charge in [0, 0.05) is 65.2 Å². The number of rotatable bonds is 11. The quantitative estimate of drug-likeness (QED) is 0.146. The summed E-state index contributed by atoms with van der Waals surface area (Å²) >= 11 is 0. The van der Waals surface area contributed by atoms with Gasteiger partial charge in [-0.3, -0.25) is 9.59 Å². The van der Waals surface area contributed by atoms with Crippen LogP contribution >= 0.6 is 0 Å². The van der Waals surface area contributed by atoms with Crippen LogP contribution < -0.4 is 10.5 Å². The summed E-state index contributed by atoms with van der Waals surface area (Å²) < 4.78 is 86.2. The van der Waals surface area contributed by atoms with Gasteiger partial charge in [-0.2, -0.15) is 31.4 Å². The Morgan fingerprint density at radius 1 is 0.957 bits per heavy atom. The molecule has 2 aromatic heterocycles. The number of nitrogens with zero attached hydrogens (tertiary/aromatic N) is 6. The first-order valence-electron chi connectivity index (χ1n) is 14.8. The van der Waals surface area contributed by atoms with Crippen LogP contribution in [-0.4, -0.2) is 71.4 Å². The van der Waals surface area contributed by atoms with Crippen LogP contribution in [0, 0.1) is 0 Å². The van der Waals surface area contributed by atoms with E-state index in [1.165, 1.54) is 0 Å². The highest BCUT2D eigenvalue weighted by Crippen LogP contribution is 2.31. The summed E-state index contributed by atoms with van der Waals surface area (Å²) in [5, 5.41) is 4.22. The first-order valence-corrected chi connectivity index (χ1v) is 18.5. The number of halogens is 6. The molecular formula is C30H36F6N6O3Si. The normalized spacial score (nSPS) is 14.5. The number of carbonyl (C=O) groups is 1. The zero-order valence-electron chi connectivity index (χ0n) is 25.8. The van der Waals surface area contributed by atoms with E-state index >= 15 is 0 Å². The Morgan fingerprint density at radius 2 is 1.61 bits per heavy atom. The van der Waals surface area contributed by atoms with Crippen molar-refractivity contribution in [3.8, 4) is 11.3 Å². The average Bonchev–Trinajstić information content (AvgIpc) is 2.99. The highest BCUT2D eigenvalue weighted by molar-refractivity contribution is 6.76. The van der Waals surface area contributed by atoms with Crippen molar-refractivity contribution in [3.05, 3.63) is 69.8 Å². The third kappa shape index (κ3) is 9.37. The third-order valence-electron chi connectivity index (χ3n) is 7.50. The van der Waals surface area contributed by atoms with Crippen LogP contribution in [0.3, 0.4) is 0 Å². The zero-order chi connectivity index (χ0) is 33.7. The molecule has 16 heteroatoms. The molecule has 0 aliphatic carbocycles. The molecule has 46 heavy (non-hydrogen) atoms. The summed E-state index contributed by atoms with van der Waals surface area (Å²) in [5.41, 5.74) is -2.49. The second-order valence-corrected chi connectivity index (χ2v) is 17.9. The van der Waals surface area contributed by atoms with Gasteiger partial charge < -0.3 is 14.5 Å². The lowest BCUT2D eigenvalue weighted by atomic mass is 9.98. The van der Waals surface area contributed by atoms with Gasteiger partial charge in [0.25, 0.3) is 5.56 Å². The summed E-state index contributed by atoms with van der Waals surface area (Å²) in [6.45, 7) is 7.68. The number of anilines is 1. The molecule has 1 fully saturated rings. The van der Waals surface area contributed by atoms with Crippen LogP contribution in [0.5, 0.6) is 0 Å². The molecule has 0 spiro atoms. The molecule has 3 heterocycles. The first kappa shape index (κ1) is 35.1. The second kappa shape index (κ2) is 14.3. The number of carbonyl (C=O) groups excluding carboxylic acids is 1. The summed E-state index contributed by atoms with van der Waals surface area (Å²) in [5.74, 6) is 0.0374. The zero-order valence-corrected chi connectivity index (χ0v) is 26.8. The number of aryl methyl sites for hydroxylation is 1. The molecule has 4 rings (SSSR count). The Balaban J connectivity index is 1.39. The van der Waals surface area contributed by atoms with E-state index < -0.39 is 43.8 Å². The van der Waals surface area contributed by atoms with E-state index in [4.69, 9.17) is 4.74 Å². The van der Waals surface area contributed by atoms with E-state index in [0.717, 1.165) is 24.5 Å². The van der Waals surface area contributed by atoms with Crippen LogP contribution in [0.4, 0.5) is 32.3 Å². The maximum atomic E-state index is 13.8. The molecule has 0 bridgehead atoms. The SMILES string of the molecule is C[Si](C)(C)CCOCn1nc(-c2ccccc2CCCC(=O)N2CCN(c3ncc(C(F)(F)F)cn3)CC2)cc(C(F)(F)F)c1=O. The third-order valence-corrected chi connectivity index (χ3v) is 9.20. The van der Waals surface area contributed by atoms with Gasteiger partial charge >= 0.3 is 12.4 Å². The molecule has 3 aromatic rings. The van der Waals surface area contributed by atoms with Crippen LogP contribution in [0.1, 0.15) is 29.5 Å². The standard InChI is InChI=1S/C30H36F6N6O3Si/c1-46(2,3)16-15-45-20-42-27(44)24(30(34,35)36)17-25(39-42)23-9-5-4-7-21(23)8-6-10-26(43)40-11-13-41(14-12-40)28-37-18-22(19-38-28)29(31,32)33/h4-5,7,9,17-19H,6,8,10-16,20H2,1-3H3. The van der Waals surface area contributed by atoms with E-state index in [2.05, 4.69) is 34.7 Å². The van der Waals surface area contributed by atoms with E-state index in [1.54, 1.807) is 34.1 Å². The molecule has 0 atom stereocenters. The number of alkyl halides is 6. The molecule has 0 saturated carbocycles. The lowest BCUT2D eigenvalue weighted by Gasteiger charge is -2.34. The average molecular weight is 671 g/mol. The lowest BCUT2D eigenvalue weighted by Crippen LogP contribution is -2.49. The van der Waals surface area contributed by atoms with Gasteiger partial charge in [-0.25, -0.2) is 14.6 Å². The molecule has 0 radical (unpaired) electrons. The number of hydrogen-bond donors (Lipinski definition) is 0. The van der Waals surface area contributed by atoms with Crippen molar-refractivity contribution in [1.82, 2.24) is 24.6 Å². The second-order valence-electron chi connectivity index (χ2n) is 12.2. The predicted molar refractivity (Wildman–Crippen MR) is 162 cm³/mol. The Hall–Kier alpha value is -3.79. The van der Waals surface area contributed by atoms with Gasteiger partial charge in [0.15, 0.2) is 0 Å². The number of benzene rings is 1. The van der Waals surface area contributed by atoms with Crippen molar-refractivity contribution in [2.45, 2.75) is 64.0 Å². The minimum absolute atomic E-state index is 0.0238. The van der Waals surface area contributed by atoms with E-state index in [1.807, 2.05) is 0 Å². The van der Waals surface area contributed by atoms with Crippen molar-refractivity contribution in [1.29, 1.82) is 0 Å². The molecule has 1 aromatic carbocycles. The smallest absolute Gasteiger partial charge is 0.359 e. The van der Waals surface area contributed by atoms with Crippen molar-refractivity contribution < 1.29 is 35.9 Å². The van der Waals surface area contributed by atoms with Crippen molar-refractivity contribution in [3.63, 3.8) is 0 Å². The van der Waals surface area contributed by atoms with Crippen LogP contribution in [-0.2, 0) is 35.0 Å². The monoisotopic (exact) mass is 670 g/mol. The molecular weight excluding hydrogens is 634 g/mol. The van der Waals surface area contributed by atoms with Crippen molar-refractivity contribution in [2.75, 3.05) is 37.7 Å². The number of amides is 1. The minimum Gasteiger partial charge on any atom is -0.359 e. The largest absolute Gasteiger partial charge is 0.421 e. The van der Waals surface area contributed by atoms with Gasteiger partial charge in [0.1, 0.15) is 12.3 Å². The Kier molecular flexibility index (Phi) is 10.9. The van der Waals surface area contributed by atoms with Gasteiger partial charge in [-0.1, -0.05) is 43.9 Å². The van der Waals surface area contributed by atoms with Crippen LogP contribution in [0.25, 0.3) is 11.3 Å². The fraction of sp³-hybridized carbons (Fsp3) is 0.500. The van der Waals surface area contributed by atoms with Gasteiger partial charge in [-0.15, -0.1) is 0 Å². The highest BCUT2D eigenvalue weighted by atomic mass is 28.3. The van der Waals surface area contributed by atoms with Crippen molar-refractivity contribution >= 4 is 19.9 Å². The molecule has 0 unspecified atom stereocenters. The van der Waals surface area contributed by atoms with Gasteiger partial charge in [0.2, 0.25) is 11.9 Å². The fourth-order valence-electron chi connectivity index (χ4n) is 4.86. The first-order chi connectivity index (χ1) is 21.5. The molecule has 1 saturated heterocycles. The Labute approximate surface area is 263 Å². The molecule has 0 N–H and O–H groups in total. The number of hydrogen-bond acceptors (Lipinski definition) is 7. The Bertz CT molecular complexity index is 1550. The minimum atomic E-state index is -4.89. The lowest BCUT2D eigenvalue weighted by molar-refractivity contribution is -0.139. The number of piperazine rings is 1. The summed E-state index contributed by atoms with van der Waals surface area (Å²) in [6.07, 6.45) is -7.00. The van der Waals surface area contributed by atoms with E-state index in [-0.39, 0.29) is 24.0 Å². The molecule has 1 aliphatic heterocycles. The molecule has 1 aliphatic rings. The van der Waals surface area contributed by atoms with Crippen LogP contribution in [0.15, 0.2) is 47.5 Å².